The number of halogens is 1. The summed E-state index contributed by atoms with van der Waals surface area (Å²) >= 11 is 10.7. The first-order valence-corrected chi connectivity index (χ1v) is 13.0. The zero-order valence-corrected chi connectivity index (χ0v) is 17.4. The van der Waals surface area contributed by atoms with Gasteiger partial charge in [-0.3, -0.25) is 0 Å². The predicted octanol–water partition coefficient (Wildman–Crippen LogP) is 6.17. The van der Waals surface area contributed by atoms with Crippen LogP contribution in [0.4, 0.5) is 0 Å². The molecule has 24 heavy (non-hydrogen) atoms. The zero-order valence-electron chi connectivity index (χ0n) is 14.1. The number of hydrogen-bond donors (Lipinski definition) is 0. The molecule has 0 bridgehead atoms. The summed E-state index contributed by atoms with van der Waals surface area (Å²) in [5, 5.41) is 4.36. The van der Waals surface area contributed by atoms with Crippen molar-refractivity contribution < 1.29 is 19.2 Å². The first kappa shape index (κ1) is 17.5. The first-order chi connectivity index (χ1) is 11.7. The Hall–Kier alpha value is 0.0823. The SMILES string of the molecule is Cl[CH]([Pd])[PH](c1ccc2ccccc2c1)(C1CCCC1)C1CCCC1. The Labute approximate surface area is 162 Å². The fourth-order valence-electron chi connectivity index (χ4n) is 5.51. The van der Waals surface area contributed by atoms with E-state index in [9.17, 15) is 0 Å². The van der Waals surface area contributed by atoms with Crippen LogP contribution in [0.5, 0.6) is 0 Å². The van der Waals surface area contributed by atoms with Crippen molar-refractivity contribution >= 4 is 34.9 Å². The summed E-state index contributed by atoms with van der Waals surface area (Å²) in [6.07, 6.45) is 11.2. The number of fused-ring (bicyclic) bond motifs is 1. The molecular weight excluding hydrogens is 425 g/mol. The molecule has 2 aliphatic carbocycles. The number of alkyl halides is 1. The minimum absolute atomic E-state index is 0.188. The van der Waals surface area contributed by atoms with Gasteiger partial charge >= 0.3 is 163 Å². The van der Waals surface area contributed by atoms with Crippen LogP contribution in [0.1, 0.15) is 51.4 Å². The van der Waals surface area contributed by atoms with Crippen LogP contribution in [0, 0.1) is 0 Å². The standard InChI is InChI=1S/C21H27ClP.Pd/c22-16-23(19-9-3-4-10-19,20-11-5-6-12-20)21-14-13-17-7-1-2-8-18(17)15-21;/h1-2,7-8,13-16,19-20,23H,3-6,9-12H2;. The number of benzene rings is 2. The second-order valence-electron chi connectivity index (χ2n) is 7.73. The average Bonchev–Trinajstić information content (AvgIpc) is 3.29. The third-order valence-corrected chi connectivity index (χ3v) is 15.8. The van der Waals surface area contributed by atoms with Gasteiger partial charge in [-0.25, -0.2) is 0 Å². The molecule has 0 aliphatic heterocycles. The first-order valence-electron chi connectivity index (χ1n) is 9.47. The predicted molar refractivity (Wildman–Crippen MR) is 106 cm³/mol. The number of rotatable bonds is 4. The van der Waals surface area contributed by atoms with Gasteiger partial charge in [0.05, 0.1) is 0 Å². The molecule has 0 N–H and O–H groups in total. The fraction of sp³-hybridized carbons (Fsp3) is 0.524. The van der Waals surface area contributed by atoms with Crippen molar-refractivity contribution in [3.8, 4) is 0 Å². The van der Waals surface area contributed by atoms with Gasteiger partial charge in [0.15, 0.2) is 0 Å². The number of hydrogen-bond acceptors (Lipinski definition) is 0. The van der Waals surface area contributed by atoms with Crippen molar-refractivity contribution in [3.05, 3.63) is 42.5 Å². The molecule has 1 unspecified atom stereocenters. The van der Waals surface area contributed by atoms with E-state index in [-0.39, 0.29) is 3.59 Å². The molecule has 0 amide bonds. The third-order valence-electron chi connectivity index (χ3n) is 6.64. The molecule has 0 heterocycles. The van der Waals surface area contributed by atoms with Crippen LogP contribution in [-0.4, -0.2) is 14.9 Å². The Bertz CT molecular complexity index is 686. The van der Waals surface area contributed by atoms with E-state index >= 15 is 0 Å². The molecule has 2 aromatic rings. The monoisotopic (exact) mass is 451 g/mol. The second kappa shape index (κ2) is 7.37. The Morgan fingerprint density at radius 2 is 1.38 bits per heavy atom. The van der Waals surface area contributed by atoms with E-state index in [2.05, 4.69) is 61.7 Å². The molecule has 3 heteroatoms. The van der Waals surface area contributed by atoms with E-state index in [4.69, 9.17) is 11.6 Å². The van der Waals surface area contributed by atoms with E-state index in [0.717, 1.165) is 11.3 Å². The van der Waals surface area contributed by atoms with Gasteiger partial charge in [0.25, 0.3) is 0 Å². The Kier molecular flexibility index (Phi) is 5.37. The summed E-state index contributed by atoms with van der Waals surface area (Å²) in [7, 11) is -1.80. The van der Waals surface area contributed by atoms with Crippen molar-refractivity contribution in [2.24, 2.45) is 0 Å². The van der Waals surface area contributed by atoms with Crippen LogP contribution in [0.25, 0.3) is 10.8 Å². The summed E-state index contributed by atoms with van der Waals surface area (Å²) in [6, 6.07) is 16.1. The fourth-order valence-corrected chi connectivity index (χ4v) is 15.9. The molecule has 0 aromatic heterocycles. The van der Waals surface area contributed by atoms with Gasteiger partial charge in [0, 0.05) is 0 Å². The van der Waals surface area contributed by atoms with Crippen molar-refractivity contribution in [1.29, 1.82) is 0 Å². The van der Waals surface area contributed by atoms with Crippen LogP contribution < -0.4 is 5.30 Å². The third kappa shape index (κ3) is 2.91. The molecule has 2 fully saturated rings. The van der Waals surface area contributed by atoms with Crippen LogP contribution in [0.2, 0.25) is 0 Å². The molecule has 4 rings (SSSR count). The van der Waals surface area contributed by atoms with Gasteiger partial charge in [-0.15, -0.1) is 0 Å². The topological polar surface area (TPSA) is 0 Å². The normalized spacial score (nSPS) is 22.3. The maximum atomic E-state index is 7.04. The summed E-state index contributed by atoms with van der Waals surface area (Å²) in [5.41, 5.74) is 1.72. The molecule has 133 valence electrons. The van der Waals surface area contributed by atoms with Crippen molar-refractivity contribution in [2.75, 3.05) is 0 Å². The van der Waals surface area contributed by atoms with Crippen LogP contribution >= 0.6 is 18.9 Å². The summed E-state index contributed by atoms with van der Waals surface area (Å²) in [4.78, 5) is 0. The van der Waals surface area contributed by atoms with Gasteiger partial charge < -0.3 is 0 Å². The van der Waals surface area contributed by atoms with Crippen molar-refractivity contribution in [1.82, 2.24) is 0 Å². The maximum absolute atomic E-state index is 7.04. The van der Waals surface area contributed by atoms with E-state index in [1.807, 2.05) is 0 Å². The summed E-state index contributed by atoms with van der Waals surface area (Å²) in [5.74, 6) is 0. The zero-order chi connectivity index (χ0) is 16.6. The average molecular weight is 452 g/mol. The van der Waals surface area contributed by atoms with Crippen molar-refractivity contribution in [3.63, 3.8) is 0 Å². The van der Waals surface area contributed by atoms with Crippen LogP contribution in [-0.2, 0) is 19.2 Å². The van der Waals surface area contributed by atoms with Gasteiger partial charge in [0.1, 0.15) is 0 Å². The minimum atomic E-state index is -1.80. The molecule has 2 saturated carbocycles. The second-order valence-corrected chi connectivity index (χ2v) is 15.4. The molecule has 1 atom stereocenters. The van der Waals surface area contributed by atoms with E-state index in [1.54, 1.807) is 5.30 Å². The molecule has 0 nitrogen and oxygen atoms in total. The van der Waals surface area contributed by atoms with E-state index in [1.165, 1.54) is 62.1 Å². The summed E-state index contributed by atoms with van der Waals surface area (Å²) in [6.45, 7) is 0. The molecule has 0 spiro atoms. The van der Waals surface area contributed by atoms with Crippen LogP contribution in [0.3, 0.4) is 0 Å². The molecular formula is C21H27ClPPd. The summed E-state index contributed by atoms with van der Waals surface area (Å²) < 4.78 is 0.188. The Morgan fingerprint density at radius 1 is 0.833 bits per heavy atom. The van der Waals surface area contributed by atoms with Gasteiger partial charge in [0.2, 0.25) is 0 Å². The van der Waals surface area contributed by atoms with E-state index in [0.29, 0.717) is 0 Å². The van der Waals surface area contributed by atoms with Crippen LogP contribution in [0.15, 0.2) is 42.5 Å². The Balaban J connectivity index is 1.88. The Morgan fingerprint density at radius 3 is 1.92 bits per heavy atom. The van der Waals surface area contributed by atoms with Gasteiger partial charge in [-0.2, -0.15) is 0 Å². The van der Waals surface area contributed by atoms with E-state index < -0.39 is 7.26 Å². The molecule has 0 radical (unpaired) electrons. The molecule has 2 aliphatic rings. The molecule has 2 aromatic carbocycles. The van der Waals surface area contributed by atoms with Gasteiger partial charge in [-0.05, 0) is 0 Å². The van der Waals surface area contributed by atoms with Crippen molar-refractivity contribution in [2.45, 2.75) is 66.3 Å². The van der Waals surface area contributed by atoms with Gasteiger partial charge in [-0.1, -0.05) is 0 Å². The molecule has 0 saturated heterocycles. The quantitative estimate of drug-likeness (QED) is 0.296.